The fourth-order valence-electron chi connectivity index (χ4n) is 3.39. The average molecular weight is 449 g/mol. The van der Waals surface area contributed by atoms with Crippen molar-refractivity contribution in [2.75, 3.05) is 23.7 Å². The number of carbonyl (C=O) groups is 1. The molecule has 0 N–H and O–H groups in total. The highest BCUT2D eigenvalue weighted by Gasteiger charge is 2.32. The summed E-state index contributed by atoms with van der Waals surface area (Å²) in [7, 11) is -6.99. The van der Waals surface area contributed by atoms with Gasteiger partial charge in [0, 0.05) is 29.7 Å². The molecule has 0 saturated carbocycles. The molecule has 1 aliphatic heterocycles. The van der Waals surface area contributed by atoms with Crippen LogP contribution in [0, 0.1) is 0 Å². The third kappa shape index (κ3) is 4.48. The number of amides is 1. The Morgan fingerprint density at radius 2 is 1.60 bits per heavy atom. The lowest BCUT2D eigenvalue weighted by Gasteiger charge is -2.28. The number of carbonyl (C=O) groups excluding carboxylic acids is 1. The van der Waals surface area contributed by atoms with Crippen LogP contribution in [0.4, 0.5) is 5.69 Å². The van der Waals surface area contributed by atoms with Crippen molar-refractivity contribution in [2.24, 2.45) is 0 Å². The van der Waals surface area contributed by atoms with Crippen LogP contribution in [0.1, 0.15) is 24.2 Å². The van der Waals surface area contributed by atoms with E-state index in [0.717, 1.165) is 5.41 Å². The molecule has 1 aliphatic rings. The molecule has 0 saturated heterocycles. The summed E-state index contributed by atoms with van der Waals surface area (Å²) in [6.45, 7) is 4.23. The first-order chi connectivity index (χ1) is 14.2. The fraction of sp³-hybridized carbons (Fsp3) is 0.286. The Labute approximate surface area is 177 Å². The van der Waals surface area contributed by atoms with Gasteiger partial charge in [0.2, 0.25) is 10.0 Å². The molecular weight excluding hydrogens is 424 g/mol. The maximum atomic E-state index is 13.3. The van der Waals surface area contributed by atoms with Crippen molar-refractivity contribution < 1.29 is 21.6 Å². The summed E-state index contributed by atoms with van der Waals surface area (Å²) in [5, 5.41) is 1.13. The van der Waals surface area contributed by atoms with Crippen LogP contribution in [0.3, 0.4) is 0 Å². The van der Waals surface area contributed by atoms with Gasteiger partial charge in [0.25, 0.3) is 5.91 Å². The van der Waals surface area contributed by atoms with Crippen LogP contribution in [0.5, 0.6) is 0 Å². The van der Waals surface area contributed by atoms with Crippen molar-refractivity contribution >= 4 is 31.5 Å². The summed E-state index contributed by atoms with van der Waals surface area (Å²) in [6.07, 6.45) is 1.50. The number of benzene rings is 2. The highest BCUT2D eigenvalue weighted by Crippen LogP contribution is 2.25. The second kappa shape index (κ2) is 8.71. The van der Waals surface area contributed by atoms with Gasteiger partial charge in [-0.1, -0.05) is 32.0 Å². The minimum absolute atomic E-state index is 0.109. The number of rotatable bonds is 7. The molecule has 0 aliphatic carbocycles. The molecule has 7 nitrogen and oxygen atoms in total. The van der Waals surface area contributed by atoms with Gasteiger partial charge >= 0.3 is 0 Å². The number of sulfone groups is 1. The van der Waals surface area contributed by atoms with Crippen LogP contribution in [-0.4, -0.2) is 51.9 Å². The molecule has 1 heterocycles. The van der Waals surface area contributed by atoms with E-state index >= 15 is 0 Å². The summed E-state index contributed by atoms with van der Waals surface area (Å²) in [5.74, 6) is -0.595. The molecule has 2 aromatic rings. The largest absolute Gasteiger partial charge is 0.300 e. The van der Waals surface area contributed by atoms with Gasteiger partial charge in [0.1, 0.15) is 0 Å². The average Bonchev–Trinajstić information content (AvgIpc) is 3.09. The third-order valence-corrected chi connectivity index (χ3v) is 8.38. The number of sulfonamides is 1. The Morgan fingerprint density at radius 1 is 1.00 bits per heavy atom. The lowest BCUT2D eigenvalue weighted by Crippen LogP contribution is -2.41. The van der Waals surface area contributed by atoms with Crippen LogP contribution in [-0.2, 0) is 19.9 Å². The Morgan fingerprint density at radius 3 is 2.10 bits per heavy atom. The highest BCUT2D eigenvalue weighted by molar-refractivity contribution is 7.94. The van der Waals surface area contributed by atoms with Crippen molar-refractivity contribution in [1.82, 2.24) is 4.31 Å². The van der Waals surface area contributed by atoms with E-state index in [1.54, 1.807) is 44.2 Å². The van der Waals surface area contributed by atoms with Gasteiger partial charge in [-0.2, -0.15) is 4.31 Å². The Kier molecular flexibility index (Phi) is 6.44. The Hall–Kier alpha value is -2.49. The first-order valence-electron chi connectivity index (χ1n) is 9.59. The van der Waals surface area contributed by atoms with E-state index in [1.165, 1.54) is 39.5 Å². The minimum Gasteiger partial charge on any atom is -0.300 e. The van der Waals surface area contributed by atoms with Gasteiger partial charge in [-0.15, -0.1) is 0 Å². The first-order valence-corrected chi connectivity index (χ1v) is 12.7. The zero-order valence-electron chi connectivity index (χ0n) is 16.8. The molecule has 0 aromatic heterocycles. The quantitative estimate of drug-likeness (QED) is 0.649. The van der Waals surface area contributed by atoms with Gasteiger partial charge in [0.15, 0.2) is 9.84 Å². The van der Waals surface area contributed by atoms with Crippen molar-refractivity contribution in [1.29, 1.82) is 0 Å². The number of anilines is 1. The lowest BCUT2D eigenvalue weighted by atomic mass is 10.1. The molecule has 3 rings (SSSR count). The van der Waals surface area contributed by atoms with E-state index in [4.69, 9.17) is 0 Å². The highest BCUT2D eigenvalue weighted by atomic mass is 32.2. The molecule has 0 radical (unpaired) electrons. The molecule has 0 spiro atoms. The van der Waals surface area contributed by atoms with Crippen molar-refractivity contribution in [2.45, 2.75) is 24.8 Å². The van der Waals surface area contributed by atoms with Crippen LogP contribution < -0.4 is 4.90 Å². The molecular formula is C21H24N2O5S2. The van der Waals surface area contributed by atoms with Crippen molar-refractivity contribution in [3.05, 3.63) is 71.6 Å². The molecule has 1 atom stereocenters. The molecule has 160 valence electrons. The molecule has 0 bridgehead atoms. The van der Waals surface area contributed by atoms with Crippen LogP contribution in [0.25, 0.3) is 0 Å². The van der Waals surface area contributed by atoms with Crippen LogP contribution >= 0.6 is 0 Å². The second-order valence-electron chi connectivity index (χ2n) is 6.85. The van der Waals surface area contributed by atoms with E-state index < -0.39 is 31.8 Å². The molecule has 9 heteroatoms. The summed E-state index contributed by atoms with van der Waals surface area (Å²) >= 11 is 0. The van der Waals surface area contributed by atoms with E-state index in [0.29, 0.717) is 18.8 Å². The van der Waals surface area contributed by atoms with Gasteiger partial charge in [-0.05, 0) is 42.5 Å². The molecule has 0 fully saturated rings. The predicted octanol–water partition coefficient (Wildman–Crippen LogP) is 2.67. The number of para-hydroxylation sites is 1. The Bertz CT molecular complexity index is 1140. The maximum Gasteiger partial charge on any atom is 0.258 e. The summed E-state index contributed by atoms with van der Waals surface area (Å²) in [6, 6.07) is 13.9. The van der Waals surface area contributed by atoms with Gasteiger partial charge < -0.3 is 4.90 Å². The molecule has 2 aromatic carbocycles. The van der Waals surface area contributed by atoms with Gasteiger partial charge in [-0.25, -0.2) is 16.8 Å². The van der Waals surface area contributed by atoms with Crippen molar-refractivity contribution in [3.8, 4) is 0 Å². The van der Waals surface area contributed by atoms with Gasteiger partial charge in [0.05, 0.1) is 16.7 Å². The van der Waals surface area contributed by atoms with E-state index in [1.807, 2.05) is 0 Å². The summed E-state index contributed by atoms with van der Waals surface area (Å²) < 4.78 is 50.5. The first kappa shape index (κ1) is 22.2. The van der Waals surface area contributed by atoms with Crippen molar-refractivity contribution in [3.63, 3.8) is 0 Å². The van der Waals surface area contributed by atoms with E-state index in [2.05, 4.69) is 0 Å². The van der Waals surface area contributed by atoms with Gasteiger partial charge in [-0.3, -0.25) is 4.79 Å². The zero-order valence-corrected chi connectivity index (χ0v) is 18.4. The summed E-state index contributed by atoms with van der Waals surface area (Å²) in [4.78, 5) is 14.8. The normalized spacial score (nSPS) is 17.9. The minimum atomic E-state index is -3.63. The third-order valence-electron chi connectivity index (χ3n) is 4.94. The summed E-state index contributed by atoms with van der Waals surface area (Å²) in [5.41, 5.74) is 0.837. The number of hydrogen-bond donors (Lipinski definition) is 0. The SMILES string of the molecule is CCN(CC)S(=O)(=O)c1ccc(C(=O)N(c2ccccc2)C2C=CS(=O)(=O)C2)cc1. The van der Waals surface area contributed by atoms with Crippen LogP contribution in [0.15, 0.2) is 71.0 Å². The molecule has 1 amide bonds. The topological polar surface area (TPSA) is 91.8 Å². The van der Waals surface area contributed by atoms with E-state index in [-0.39, 0.29) is 16.2 Å². The predicted molar refractivity (Wildman–Crippen MR) is 117 cm³/mol. The molecule has 1 unspecified atom stereocenters. The lowest BCUT2D eigenvalue weighted by molar-refractivity contribution is 0.0983. The number of hydrogen-bond acceptors (Lipinski definition) is 5. The Balaban J connectivity index is 1.95. The standard InChI is InChI=1S/C21H24N2O5S2/c1-3-22(4-2)30(27,28)20-12-10-17(11-13-20)21(24)23(18-8-6-5-7-9-18)19-14-15-29(25,26)16-19/h5-15,19H,3-4,16H2,1-2H3. The number of nitrogens with zero attached hydrogens (tertiary/aromatic N) is 2. The maximum absolute atomic E-state index is 13.3. The smallest absolute Gasteiger partial charge is 0.258 e. The second-order valence-corrected chi connectivity index (χ2v) is 10.7. The monoisotopic (exact) mass is 448 g/mol. The van der Waals surface area contributed by atoms with E-state index in [9.17, 15) is 21.6 Å². The zero-order chi connectivity index (χ0) is 21.9. The molecule has 30 heavy (non-hydrogen) atoms. The fourth-order valence-corrected chi connectivity index (χ4v) is 6.12. The van der Waals surface area contributed by atoms with Crippen LogP contribution in [0.2, 0.25) is 0 Å².